The average molecular weight is 252 g/mol. The fraction of sp³-hybridized carbons (Fsp3) is 0.235. The predicted octanol–water partition coefficient (Wildman–Crippen LogP) is 3.57. The molecule has 0 spiro atoms. The average Bonchev–Trinajstić information content (AvgIpc) is 2.40. The number of carbonyl (C=O) groups is 1. The summed E-state index contributed by atoms with van der Waals surface area (Å²) in [5.74, 6) is -0.0383. The molecule has 0 aliphatic heterocycles. The maximum atomic E-state index is 12.0. The van der Waals surface area contributed by atoms with Crippen LogP contribution in [0.1, 0.15) is 36.5 Å². The van der Waals surface area contributed by atoms with E-state index in [-0.39, 0.29) is 11.7 Å². The van der Waals surface area contributed by atoms with Gasteiger partial charge in [-0.15, -0.1) is 0 Å². The highest BCUT2D eigenvalue weighted by atomic mass is 16.1. The highest BCUT2D eigenvalue weighted by Gasteiger charge is 2.19. The van der Waals surface area contributed by atoms with Crippen LogP contribution in [-0.2, 0) is 11.2 Å². The molecular formula is C17H18NO. The Morgan fingerprint density at radius 2 is 1.95 bits per heavy atom. The van der Waals surface area contributed by atoms with Gasteiger partial charge in [-0.3, -0.25) is 9.78 Å². The Morgan fingerprint density at radius 1 is 1.21 bits per heavy atom. The van der Waals surface area contributed by atoms with Gasteiger partial charge in [0.15, 0.2) is 0 Å². The molecule has 1 unspecified atom stereocenters. The van der Waals surface area contributed by atoms with Gasteiger partial charge in [0, 0.05) is 12.4 Å². The van der Waals surface area contributed by atoms with Crippen LogP contribution in [0, 0.1) is 6.42 Å². The van der Waals surface area contributed by atoms with Crippen molar-refractivity contribution in [2.45, 2.75) is 26.2 Å². The summed E-state index contributed by atoms with van der Waals surface area (Å²) >= 11 is 0. The van der Waals surface area contributed by atoms with Crippen LogP contribution in [0.15, 0.2) is 48.8 Å². The maximum Gasteiger partial charge on any atom is 0.141 e. The Bertz CT molecular complexity index is 548. The highest BCUT2D eigenvalue weighted by Crippen LogP contribution is 2.26. The lowest BCUT2D eigenvalue weighted by molar-refractivity contribution is -0.117. The fourth-order valence-corrected chi connectivity index (χ4v) is 2.35. The third kappa shape index (κ3) is 3.28. The van der Waals surface area contributed by atoms with E-state index in [9.17, 15) is 4.79 Å². The molecule has 0 N–H and O–H groups in total. The van der Waals surface area contributed by atoms with E-state index in [1.165, 1.54) is 5.56 Å². The van der Waals surface area contributed by atoms with Gasteiger partial charge in [0.1, 0.15) is 5.78 Å². The molecule has 0 aliphatic carbocycles. The number of pyridine rings is 1. The molecule has 2 aromatic rings. The Kier molecular flexibility index (Phi) is 4.45. The summed E-state index contributed by atoms with van der Waals surface area (Å²) < 4.78 is 0. The van der Waals surface area contributed by atoms with Crippen LogP contribution < -0.4 is 0 Å². The highest BCUT2D eigenvalue weighted by molar-refractivity contribution is 5.86. The Labute approximate surface area is 114 Å². The SMILES string of the molecule is C[CH]Cc1cccc(C(C(C)=O)c2ccncc2)c1. The summed E-state index contributed by atoms with van der Waals surface area (Å²) in [7, 11) is 0. The van der Waals surface area contributed by atoms with Crippen LogP contribution in [0.3, 0.4) is 0 Å². The van der Waals surface area contributed by atoms with Crippen molar-refractivity contribution in [3.8, 4) is 0 Å². The molecule has 0 saturated carbocycles. The Morgan fingerprint density at radius 3 is 2.58 bits per heavy atom. The molecule has 2 nitrogen and oxygen atoms in total. The molecule has 19 heavy (non-hydrogen) atoms. The van der Waals surface area contributed by atoms with E-state index in [0.717, 1.165) is 17.5 Å². The smallest absolute Gasteiger partial charge is 0.141 e. The number of hydrogen-bond donors (Lipinski definition) is 0. The number of aromatic nitrogens is 1. The number of Topliss-reactive ketones (excluding diaryl/α,β-unsaturated/α-hetero) is 1. The van der Waals surface area contributed by atoms with Crippen molar-refractivity contribution in [1.82, 2.24) is 4.98 Å². The molecule has 0 aliphatic rings. The van der Waals surface area contributed by atoms with Crippen molar-refractivity contribution < 1.29 is 4.79 Å². The zero-order chi connectivity index (χ0) is 13.7. The third-order valence-electron chi connectivity index (χ3n) is 3.17. The van der Waals surface area contributed by atoms with Crippen molar-refractivity contribution in [3.05, 3.63) is 71.9 Å². The van der Waals surface area contributed by atoms with Crippen molar-refractivity contribution in [3.63, 3.8) is 0 Å². The molecule has 1 radical (unpaired) electrons. The first-order chi connectivity index (χ1) is 9.22. The van der Waals surface area contributed by atoms with E-state index in [1.54, 1.807) is 19.3 Å². The van der Waals surface area contributed by atoms with Crippen molar-refractivity contribution >= 4 is 5.78 Å². The van der Waals surface area contributed by atoms with E-state index in [1.807, 2.05) is 31.2 Å². The minimum atomic E-state index is -0.195. The number of ketones is 1. The molecule has 0 amide bonds. The minimum Gasteiger partial charge on any atom is -0.299 e. The van der Waals surface area contributed by atoms with Crippen LogP contribution in [0.5, 0.6) is 0 Å². The molecule has 1 heterocycles. The van der Waals surface area contributed by atoms with Gasteiger partial charge in [0.05, 0.1) is 5.92 Å². The third-order valence-corrected chi connectivity index (χ3v) is 3.17. The first kappa shape index (κ1) is 13.5. The van der Waals surface area contributed by atoms with E-state index >= 15 is 0 Å². The fourth-order valence-electron chi connectivity index (χ4n) is 2.35. The summed E-state index contributed by atoms with van der Waals surface area (Å²) in [6.45, 7) is 3.68. The molecule has 0 saturated heterocycles. The van der Waals surface area contributed by atoms with E-state index < -0.39 is 0 Å². The van der Waals surface area contributed by atoms with Gasteiger partial charge in [0.2, 0.25) is 0 Å². The maximum absolute atomic E-state index is 12.0. The zero-order valence-corrected chi connectivity index (χ0v) is 11.3. The van der Waals surface area contributed by atoms with E-state index in [0.29, 0.717) is 0 Å². The zero-order valence-electron chi connectivity index (χ0n) is 11.3. The quantitative estimate of drug-likeness (QED) is 0.814. The summed E-state index contributed by atoms with van der Waals surface area (Å²) in [5.41, 5.74) is 3.29. The lowest BCUT2D eigenvalue weighted by atomic mass is 9.87. The van der Waals surface area contributed by atoms with Crippen molar-refractivity contribution in [2.24, 2.45) is 0 Å². The van der Waals surface area contributed by atoms with Gasteiger partial charge in [-0.1, -0.05) is 31.2 Å². The number of hydrogen-bond acceptors (Lipinski definition) is 2. The molecule has 2 heteroatoms. The van der Waals surface area contributed by atoms with Crippen LogP contribution in [0.2, 0.25) is 0 Å². The summed E-state index contributed by atoms with van der Waals surface area (Å²) in [6.07, 6.45) is 6.51. The van der Waals surface area contributed by atoms with Crippen molar-refractivity contribution in [1.29, 1.82) is 0 Å². The molecule has 1 atom stereocenters. The first-order valence-electron chi connectivity index (χ1n) is 6.49. The first-order valence-corrected chi connectivity index (χ1v) is 6.49. The molecule has 0 fully saturated rings. The second-order valence-electron chi connectivity index (χ2n) is 4.68. The van der Waals surface area contributed by atoms with Gasteiger partial charge in [-0.25, -0.2) is 0 Å². The summed E-state index contributed by atoms with van der Waals surface area (Å²) in [4.78, 5) is 16.0. The normalized spacial score (nSPS) is 12.1. The van der Waals surface area contributed by atoms with Crippen LogP contribution in [-0.4, -0.2) is 10.8 Å². The van der Waals surface area contributed by atoms with Crippen LogP contribution in [0.4, 0.5) is 0 Å². The van der Waals surface area contributed by atoms with Crippen LogP contribution in [0.25, 0.3) is 0 Å². The number of rotatable bonds is 5. The van der Waals surface area contributed by atoms with Gasteiger partial charge in [-0.2, -0.15) is 0 Å². The van der Waals surface area contributed by atoms with E-state index in [4.69, 9.17) is 0 Å². The number of nitrogens with zero attached hydrogens (tertiary/aromatic N) is 1. The van der Waals surface area contributed by atoms with Gasteiger partial charge >= 0.3 is 0 Å². The van der Waals surface area contributed by atoms with Crippen LogP contribution >= 0.6 is 0 Å². The monoisotopic (exact) mass is 252 g/mol. The predicted molar refractivity (Wildman–Crippen MR) is 76.9 cm³/mol. The standard InChI is InChI=1S/C17H18NO/c1-3-5-14-6-4-7-16(12-14)17(13(2)19)15-8-10-18-11-9-15/h3-4,6-12,17H,5H2,1-2H3. The number of benzene rings is 1. The number of carbonyl (C=O) groups excluding carboxylic acids is 1. The molecule has 0 bridgehead atoms. The second-order valence-corrected chi connectivity index (χ2v) is 4.68. The molecule has 2 rings (SSSR count). The molecule has 97 valence electrons. The van der Waals surface area contributed by atoms with Gasteiger partial charge in [0.25, 0.3) is 0 Å². The van der Waals surface area contributed by atoms with Gasteiger partial charge in [-0.05, 0) is 48.6 Å². The lowest BCUT2D eigenvalue weighted by Crippen LogP contribution is -2.11. The topological polar surface area (TPSA) is 30.0 Å². The van der Waals surface area contributed by atoms with Gasteiger partial charge < -0.3 is 0 Å². The molecular weight excluding hydrogens is 234 g/mol. The summed E-state index contributed by atoms with van der Waals surface area (Å²) in [6, 6.07) is 12.1. The molecule has 1 aromatic heterocycles. The van der Waals surface area contributed by atoms with E-state index in [2.05, 4.69) is 23.5 Å². The molecule has 1 aromatic carbocycles. The Hall–Kier alpha value is -1.96. The van der Waals surface area contributed by atoms with Crippen molar-refractivity contribution in [2.75, 3.05) is 0 Å². The largest absolute Gasteiger partial charge is 0.299 e. The second kappa shape index (κ2) is 6.28. The lowest BCUT2D eigenvalue weighted by Gasteiger charge is -2.15. The Balaban J connectivity index is 2.40. The minimum absolute atomic E-state index is 0.156. The summed E-state index contributed by atoms with van der Waals surface area (Å²) in [5, 5.41) is 0.